The predicted octanol–water partition coefficient (Wildman–Crippen LogP) is 6.00. The van der Waals surface area contributed by atoms with Gasteiger partial charge in [0.15, 0.2) is 0 Å². The quantitative estimate of drug-likeness (QED) is 0.498. The standard InChI is InChI=1S/C25H28N4OS/c1-17(2)13-23-27-19(4)24(31-23)29(16-21-10-8-9-20(14-21)15-26)25(30)28-18(3)22-11-6-5-7-12-22/h5-12,14,17-18H,13,16H2,1-4H3,(H,28,30). The first-order valence-corrected chi connectivity index (χ1v) is 11.3. The lowest BCUT2D eigenvalue weighted by molar-refractivity contribution is 0.243. The third-order valence-corrected chi connectivity index (χ3v) is 6.13. The number of carbonyl (C=O) groups excluding carboxylic acids is 1. The summed E-state index contributed by atoms with van der Waals surface area (Å²) < 4.78 is 0. The maximum Gasteiger partial charge on any atom is 0.323 e. The molecule has 2 amide bonds. The molecule has 0 radical (unpaired) electrons. The van der Waals surface area contributed by atoms with Crippen LogP contribution in [-0.4, -0.2) is 11.0 Å². The van der Waals surface area contributed by atoms with Gasteiger partial charge in [0.25, 0.3) is 0 Å². The van der Waals surface area contributed by atoms with Gasteiger partial charge in [-0.2, -0.15) is 5.26 Å². The number of nitriles is 1. The van der Waals surface area contributed by atoms with Crippen molar-refractivity contribution in [3.63, 3.8) is 0 Å². The monoisotopic (exact) mass is 432 g/mol. The van der Waals surface area contributed by atoms with E-state index in [-0.39, 0.29) is 12.1 Å². The fourth-order valence-electron chi connectivity index (χ4n) is 3.38. The van der Waals surface area contributed by atoms with Crippen molar-refractivity contribution in [2.45, 2.75) is 46.7 Å². The highest BCUT2D eigenvalue weighted by atomic mass is 32.1. The van der Waals surface area contributed by atoms with Gasteiger partial charge >= 0.3 is 6.03 Å². The van der Waals surface area contributed by atoms with Gasteiger partial charge in [0.1, 0.15) is 5.00 Å². The van der Waals surface area contributed by atoms with Crippen molar-refractivity contribution >= 4 is 22.4 Å². The average Bonchev–Trinajstić information content (AvgIpc) is 3.11. The highest BCUT2D eigenvalue weighted by Gasteiger charge is 2.23. The lowest BCUT2D eigenvalue weighted by Crippen LogP contribution is -2.40. The van der Waals surface area contributed by atoms with Gasteiger partial charge in [-0.3, -0.25) is 4.90 Å². The second kappa shape index (κ2) is 10.2. The van der Waals surface area contributed by atoms with Crippen LogP contribution in [0.3, 0.4) is 0 Å². The normalized spacial score (nSPS) is 11.7. The summed E-state index contributed by atoms with van der Waals surface area (Å²) in [7, 11) is 0. The number of aryl methyl sites for hydroxylation is 1. The molecule has 1 heterocycles. The van der Waals surface area contributed by atoms with Crippen LogP contribution in [0.15, 0.2) is 54.6 Å². The molecular formula is C25H28N4OS. The maximum absolute atomic E-state index is 13.4. The fourth-order valence-corrected chi connectivity index (χ4v) is 4.65. The molecule has 0 fully saturated rings. The summed E-state index contributed by atoms with van der Waals surface area (Å²) in [5.41, 5.74) is 3.38. The number of aromatic nitrogens is 1. The Morgan fingerprint density at radius 2 is 1.90 bits per heavy atom. The summed E-state index contributed by atoms with van der Waals surface area (Å²) >= 11 is 1.57. The van der Waals surface area contributed by atoms with E-state index in [4.69, 9.17) is 4.98 Å². The lowest BCUT2D eigenvalue weighted by Gasteiger charge is -2.25. The number of carbonyl (C=O) groups is 1. The number of rotatable bonds is 7. The van der Waals surface area contributed by atoms with Gasteiger partial charge in [0, 0.05) is 6.42 Å². The number of hydrogen-bond donors (Lipinski definition) is 1. The fraction of sp³-hybridized carbons (Fsp3) is 0.320. The van der Waals surface area contributed by atoms with E-state index in [1.165, 1.54) is 0 Å². The van der Waals surface area contributed by atoms with E-state index in [1.54, 1.807) is 22.3 Å². The van der Waals surface area contributed by atoms with Gasteiger partial charge < -0.3 is 5.32 Å². The summed E-state index contributed by atoms with van der Waals surface area (Å²) in [6.07, 6.45) is 0.880. The van der Waals surface area contributed by atoms with Crippen LogP contribution in [0.4, 0.5) is 9.80 Å². The highest BCUT2D eigenvalue weighted by Crippen LogP contribution is 2.31. The van der Waals surface area contributed by atoms with Crippen LogP contribution in [0.2, 0.25) is 0 Å². The Hall–Kier alpha value is -3.17. The van der Waals surface area contributed by atoms with E-state index < -0.39 is 0 Å². The Morgan fingerprint density at radius 1 is 1.16 bits per heavy atom. The van der Waals surface area contributed by atoms with E-state index in [9.17, 15) is 10.1 Å². The smallest absolute Gasteiger partial charge is 0.323 e. The first-order chi connectivity index (χ1) is 14.9. The second-order valence-corrected chi connectivity index (χ2v) is 9.14. The van der Waals surface area contributed by atoms with Gasteiger partial charge in [0.2, 0.25) is 0 Å². The molecule has 31 heavy (non-hydrogen) atoms. The third-order valence-electron chi connectivity index (χ3n) is 4.93. The first kappa shape index (κ1) is 22.5. The van der Waals surface area contributed by atoms with Crippen LogP contribution in [-0.2, 0) is 13.0 Å². The van der Waals surface area contributed by atoms with E-state index in [0.717, 1.165) is 33.3 Å². The number of hydrogen-bond acceptors (Lipinski definition) is 4. The average molecular weight is 433 g/mol. The van der Waals surface area contributed by atoms with E-state index in [0.29, 0.717) is 18.0 Å². The molecule has 0 saturated carbocycles. The number of nitrogens with zero attached hydrogens (tertiary/aromatic N) is 3. The number of nitrogens with one attached hydrogen (secondary N) is 1. The minimum absolute atomic E-state index is 0.134. The van der Waals surface area contributed by atoms with Crippen molar-refractivity contribution in [2.75, 3.05) is 4.90 Å². The van der Waals surface area contributed by atoms with Crippen molar-refractivity contribution in [3.8, 4) is 6.07 Å². The number of urea groups is 1. The molecule has 1 atom stereocenters. The Morgan fingerprint density at radius 3 is 2.58 bits per heavy atom. The molecule has 0 spiro atoms. The Balaban J connectivity index is 1.91. The highest BCUT2D eigenvalue weighted by molar-refractivity contribution is 7.16. The van der Waals surface area contributed by atoms with Gasteiger partial charge in [-0.1, -0.05) is 56.3 Å². The topological polar surface area (TPSA) is 69.0 Å². The van der Waals surface area contributed by atoms with E-state index in [1.807, 2.05) is 62.4 Å². The molecule has 160 valence electrons. The molecular weight excluding hydrogens is 404 g/mol. The molecule has 0 aliphatic carbocycles. The zero-order valence-electron chi connectivity index (χ0n) is 18.4. The minimum atomic E-state index is -0.179. The molecule has 6 heteroatoms. The molecule has 0 aliphatic heterocycles. The minimum Gasteiger partial charge on any atom is -0.331 e. The van der Waals surface area contributed by atoms with Crippen molar-refractivity contribution in [3.05, 3.63) is 82.0 Å². The van der Waals surface area contributed by atoms with Crippen molar-refractivity contribution < 1.29 is 4.79 Å². The maximum atomic E-state index is 13.4. The third kappa shape index (κ3) is 5.93. The molecule has 0 aliphatic rings. The molecule has 3 aromatic rings. The van der Waals surface area contributed by atoms with Crippen LogP contribution in [0.5, 0.6) is 0 Å². The summed E-state index contributed by atoms with van der Waals surface area (Å²) in [6.45, 7) is 8.62. The Bertz CT molecular complexity index is 1070. The van der Waals surface area contributed by atoms with Gasteiger partial charge in [-0.25, -0.2) is 9.78 Å². The first-order valence-electron chi connectivity index (χ1n) is 10.5. The molecule has 1 N–H and O–H groups in total. The SMILES string of the molecule is Cc1nc(CC(C)C)sc1N(Cc1cccc(C#N)c1)C(=O)NC(C)c1ccccc1. The summed E-state index contributed by atoms with van der Waals surface area (Å²) in [5.74, 6) is 0.492. The Kier molecular flexibility index (Phi) is 7.43. The molecule has 3 rings (SSSR count). The molecule has 0 saturated heterocycles. The molecule has 1 aromatic heterocycles. The largest absolute Gasteiger partial charge is 0.331 e. The van der Waals surface area contributed by atoms with E-state index in [2.05, 4.69) is 25.2 Å². The number of anilines is 1. The van der Waals surface area contributed by atoms with Crippen LogP contribution >= 0.6 is 11.3 Å². The number of thiazole rings is 1. The van der Waals surface area contributed by atoms with Gasteiger partial charge in [-0.05, 0) is 43.0 Å². The van der Waals surface area contributed by atoms with E-state index >= 15 is 0 Å². The number of amides is 2. The number of benzene rings is 2. The van der Waals surface area contributed by atoms with Crippen LogP contribution in [0, 0.1) is 24.2 Å². The molecule has 5 nitrogen and oxygen atoms in total. The zero-order valence-corrected chi connectivity index (χ0v) is 19.2. The molecule has 0 bridgehead atoms. The van der Waals surface area contributed by atoms with Gasteiger partial charge in [0.05, 0.1) is 34.9 Å². The summed E-state index contributed by atoms with van der Waals surface area (Å²) in [4.78, 5) is 19.9. The zero-order chi connectivity index (χ0) is 22.4. The molecule has 1 unspecified atom stereocenters. The molecule has 2 aromatic carbocycles. The Labute approximate surface area is 188 Å². The van der Waals surface area contributed by atoms with Crippen molar-refractivity contribution in [2.24, 2.45) is 5.92 Å². The van der Waals surface area contributed by atoms with Crippen molar-refractivity contribution in [1.82, 2.24) is 10.3 Å². The lowest BCUT2D eigenvalue weighted by atomic mass is 10.1. The predicted molar refractivity (Wildman–Crippen MR) is 126 cm³/mol. The second-order valence-electron chi connectivity index (χ2n) is 8.08. The summed E-state index contributed by atoms with van der Waals surface area (Å²) in [5, 5.41) is 14.2. The van der Waals surface area contributed by atoms with Gasteiger partial charge in [-0.15, -0.1) is 11.3 Å². The van der Waals surface area contributed by atoms with Crippen LogP contribution < -0.4 is 10.2 Å². The van der Waals surface area contributed by atoms with Crippen LogP contribution in [0.25, 0.3) is 0 Å². The van der Waals surface area contributed by atoms with Crippen LogP contribution in [0.1, 0.15) is 54.2 Å². The van der Waals surface area contributed by atoms with Crippen molar-refractivity contribution in [1.29, 1.82) is 5.26 Å². The summed E-state index contributed by atoms with van der Waals surface area (Å²) in [6, 6.07) is 19.1.